The number of nitrogens with one attached hydrogen (secondary N) is 1. The van der Waals surface area contributed by atoms with Crippen LogP contribution < -0.4 is 3.26 Å². The molecule has 0 spiro atoms. The molecule has 1 heterocycles. The molecule has 26 heavy (non-hydrogen) atoms. The summed E-state index contributed by atoms with van der Waals surface area (Å²) < 4.78 is 11.0. The van der Waals surface area contributed by atoms with Crippen molar-refractivity contribution >= 4 is 70.6 Å². The third-order valence-electron chi connectivity index (χ3n) is 4.50. The number of hydrogen-bond acceptors (Lipinski definition) is 2. The Hall–Kier alpha value is 0.780. The Morgan fingerprint density at radius 2 is 1.69 bits per heavy atom. The van der Waals surface area contributed by atoms with E-state index in [9.17, 15) is 0 Å². The van der Waals surface area contributed by atoms with Crippen LogP contribution in [0, 0.1) is 0 Å². The molecule has 2 aromatic rings. The van der Waals surface area contributed by atoms with Gasteiger partial charge in [-0.25, -0.2) is 0 Å². The summed E-state index contributed by atoms with van der Waals surface area (Å²) in [6.45, 7) is 9.19. The van der Waals surface area contributed by atoms with Gasteiger partial charge in [0, 0.05) is 0 Å². The van der Waals surface area contributed by atoms with Gasteiger partial charge in [0.1, 0.15) is 0 Å². The maximum Gasteiger partial charge on any atom is -0.147 e. The van der Waals surface area contributed by atoms with Crippen molar-refractivity contribution in [3.8, 4) is 0 Å². The third-order valence-corrected chi connectivity index (χ3v) is 19.6. The van der Waals surface area contributed by atoms with Gasteiger partial charge in [-0.1, -0.05) is 0 Å². The molecule has 1 N–H and O–H groups in total. The molecule has 7 heteroatoms. The topological polar surface area (TPSA) is 12.0 Å². The van der Waals surface area contributed by atoms with Crippen LogP contribution in [0.4, 0.5) is 0 Å². The second-order valence-electron chi connectivity index (χ2n) is 8.95. The fourth-order valence-corrected chi connectivity index (χ4v) is 24.3. The van der Waals surface area contributed by atoms with Gasteiger partial charge in [0.2, 0.25) is 0 Å². The Balaban J connectivity index is 0.00000169. The average Bonchev–Trinajstić information content (AvgIpc) is 2.98. The van der Waals surface area contributed by atoms with Gasteiger partial charge in [-0.05, 0) is 0 Å². The summed E-state index contributed by atoms with van der Waals surface area (Å²) >= 11 is 2.27. The van der Waals surface area contributed by atoms with Gasteiger partial charge in [0.05, 0.1) is 0 Å². The molecule has 0 radical (unpaired) electrons. The maximum atomic E-state index is 4.14. The summed E-state index contributed by atoms with van der Waals surface area (Å²) in [5.74, 6) is 0. The van der Waals surface area contributed by atoms with Crippen LogP contribution in [-0.2, 0) is 17.7 Å². The fourth-order valence-electron chi connectivity index (χ4n) is 4.31. The smallest absolute Gasteiger partial charge is 0.147 e. The van der Waals surface area contributed by atoms with E-state index < -0.39 is 17.7 Å². The zero-order valence-corrected chi connectivity index (χ0v) is 23.8. The van der Waals surface area contributed by atoms with Crippen LogP contribution in [0.1, 0.15) is 40.4 Å². The van der Waals surface area contributed by atoms with Crippen LogP contribution in [0.25, 0.3) is 11.6 Å². The van der Waals surface area contributed by atoms with E-state index in [1.54, 1.807) is 0 Å². The SMILES string of the molecule is CC(C)(C)[NH][Zr]([CH3])([CH3])(=[SiH2])[CH]1C(c2ccc(Br)s2)=Cc2ccccc21.Cl.Cl. The van der Waals surface area contributed by atoms with Crippen molar-refractivity contribution in [2.24, 2.45) is 0 Å². The van der Waals surface area contributed by atoms with Gasteiger partial charge in [0.15, 0.2) is 0 Å². The largest absolute Gasteiger partial charge is 0.147 e. The zero-order chi connectivity index (χ0) is 17.8. The molecule has 1 aromatic heterocycles. The molecule has 0 saturated heterocycles. The molecule has 0 bridgehead atoms. The molecule has 144 valence electrons. The van der Waals surface area contributed by atoms with Crippen molar-refractivity contribution in [3.05, 3.63) is 56.2 Å². The van der Waals surface area contributed by atoms with Crippen molar-refractivity contribution in [3.63, 3.8) is 0 Å². The number of allylic oxidation sites excluding steroid dienone is 1. The first-order valence-corrected chi connectivity index (χ1v) is 23.5. The standard InChI is InChI=1S/C13H8BrS.C4H10N.2CH3.2ClH.H2Si.Zr/c14-13-6-5-12(15-13)11-7-9-3-1-2-4-10(9)8-11;1-4(2,3)5;;;;;;/h1-8H;5H,1-3H3;2*1H3;2*1H;1H2;/q;-1;;;;;;+1. The van der Waals surface area contributed by atoms with Crippen molar-refractivity contribution in [2.45, 2.75) is 39.2 Å². The molecule has 1 nitrogen and oxygen atoms in total. The molecule has 0 aliphatic heterocycles. The van der Waals surface area contributed by atoms with Crippen molar-refractivity contribution < 1.29 is 17.7 Å². The minimum absolute atomic E-state index is 0. The van der Waals surface area contributed by atoms with Crippen LogP contribution in [-0.4, -0.2) is 12.4 Å². The van der Waals surface area contributed by atoms with Crippen molar-refractivity contribution in [1.29, 1.82) is 0 Å². The van der Waals surface area contributed by atoms with Gasteiger partial charge in [0.25, 0.3) is 0 Å². The van der Waals surface area contributed by atoms with Crippen molar-refractivity contribution in [1.82, 2.24) is 3.26 Å². The quantitative estimate of drug-likeness (QED) is 0.410. The Kier molecular flexibility index (Phi) is 7.88. The first kappa shape index (κ1) is 24.8. The van der Waals surface area contributed by atoms with Gasteiger partial charge in [-0.2, -0.15) is 0 Å². The minimum atomic E-state index is -3.22. The van der Waals surface area contributed by atoms with E-state index in [0.29, 0.717) is 3.63 Å². The van der Waals surface area contributed by atoms with E-state index in [4.69, 9.17) is 0 Å². The number of rotatable bonds is 3. The minimum Gasteiger partial charge on any atom is -0.147 e. The Labute approximate surface area is 185 Å². The fraction of sp³-hybridized carbons (Fsp3) is 0.368. The van der Waals surface area contributed by atoms with Gasteiger partial charge in [-0.3, -0.25) is 0 Å². The molecule has 1 aliphatic rings. The zero-order valence-electron chi connectivity index (χ0n) is 15.9. The predicted molar refractivity (Wildman–Crippen MR) is 127 cm³/mol. The molecule has 1 atom stereocenters. The molecule has 0 saturated carbocycles. The second-order valence-corrected chi connectivity index (χ2v) is 40.1. The van der Waals surface area contributed by atoms with E-state index >= 15 is 0 Å². The van der Waals surface area contributed by atoms with Gasteiger partial charge >= 0.3 is 162 Å². The van der Waals surface area contributed by atoms with Gasteiger partial charge < -0.3 is 0 Å². The molecule has 0 amide bonds. The van der Waals surface area contributed by atoms with Crippen LogP contribution in [0.15, 0.2) is 40.2 Å². The van der Waals surface area contributed by atoms with Crippen LogP contribution in [0.5, 0.6) is 0 Å². The van der Waals surface area contributed by atoms with E-state index in [0.717, 1.165) is 0 Å². The van der Waals surface area contributed by atoms with Crippen LogP contribution in [0.2, 0.25) is 9.26 Å². The third kappa shape index (κ3) is 5.23. The summed E-state index contributed by atoms with van der Waals surface area (Å²) in [5.41, 5.74) is 4.55. The monoisotopic (exact) mass is 569 g/mol. The second kappa shape index (κ2) is 8.26. The molecular weight excluding hydrogens is 544 g/mol. The Bertz CT molecular complexity index is 895. The van der Waals surface area contributed by atoms with E-state index in [-0.39, 0.29) is 30.4 Å². The maximum absolute atomic E-state index is 4.14. The first-order valence-electron chi connectivity index (χ1n) is 8.38. The summed E-state index contributed by atoms with van der Waals surface area (Å²) in [6.07, 6.45) is 2.43. The number of thiophene rings is 1. The van der Waals surface area contributed by atoms with Gasteiger partial charge in [-0.15, -0.1) is 24.8 Å². The molecule has 1 unspecified atom stereocenters. The molecule has 1 aromatic carbocycles. The first-order chi connectivity index (χ1) is 10.9. The number of hydrogen-bond donors (Lipinski definition) is 1. The average molecular weight is 573 g/mol. The Morgan fingerprint density at radius 3 is 2.23 bits per heavy atom. The van der Waals surface area contributed by atoms with Crippen LogP contribution in [0.3, 0.4) is 0 Å². The predicted octanol–water partition coefficient (Wildman–Crippen LogP) is 6.59. The van der Waals surface area contributed by atoms with E-state index in [1.807, 2.05) is 11.3 Å². The number of benzene rings is 1. The summed E-state index contributed by atoms with van der Waals surface area (Å²) in [6, 6.07) is 13.4. The van der Waals surface area contributed by atoms with Crippen LogP contribution >= 0.6 is 52.1 Å². The van der Waals surface area contributed by atoms with Crippen molar-refractivity contribution in [2.75, 3.05) is 0 Å². The number of fused-ring (bicyclic) bond motifs is 1. The normalized spacial score (nSPS) is 17.0. The van der Waals surface area contributed by atoms with E-state index in [2.05, 4.69) is 98.6 Å². The summed E-state index contributed by atoms with van der Waals surface area (Å²) in [5, 5.41) is 0. The van der Waals surface area contributed by atoms with E-state index in [1.165, 1.54) is 25.4 Å². The summed E-state index contributed by atoms with van der Waals surface area (Å²) in [7, 11) is 0. The molecule has 1 aliphatic carbocycles. The summed E-state index contributed by atoms with van der Waals surface area (Å²) in [4.78, 5) is 1.40. The molecule has 0 fully saturated rings. The number of halogens is 3. The molecule has 3 rings (SSSR count). The Morgan fingerprint density at radius 1 is 1.08 bits per heavy atom. The molecular formula is C19H28BrCl2NSSiZr.